The highest BCUT2D eigenvalue weighted by molar-refractivity contribution is 9.10. The maximum absolute atomic E-state index is 12.0. The lowest BCUT2D eigenvalue weighted by Gasteiger charge is -2.19. The van der Waals surface area contributed by atoms with E-state index < -0.39 is 0 Å². The van der Waals surface area contributed by atoms with Gasteiger partial charge in [-0.1, -0.05) is 44.5 Å². The molecular weight excluding hydrogens is 340 g/mol. The van der Waals surface area contributed by atoms with E-state index in [1.807, 2.05) is 45.0 Å². The van der Waals surface area contributed by atoms with Gasteiger partial charge in [0.25, 0.3) is 5.56 Å². The normalized spacial score (nSPS) is 11.7. The van der Waals surface area contributed by atoms with Crippen LogP contribution in [0.1, 0.15) is 37.9 Å². The van der Waals surface area contributed by atoms with Crippen LogP contribution in [0.15, 0.2) is 33.5 Å². The van der Waals surface area contributed by atoms with Gasteiger partial charge in [-0.05, 0) is 33.6 Å². The summed E-state index contributed by atoms with van der Waals surface area (Å²) in [4.78, 5) is 19.4. The molecule has 0 bridgehead atoms. The lowest BCUT2D eigenvalue weighted by Crippen LogP contribution is -2.23. The van der Waals surface area contributed by atoms with Gasteiger partial charge in [-0.25, -0.2) is 4.98 Å². The second-order valence-electron chi connectivity index (χ2n) is 5.73. The predicted molar refractivity (Wildman–Crippen MR) is 85.5 cm³/mol. The maximum Gasteiger partial charge on any atom is 0.265 e. The van der Waals surface area contributed by atoms with Gasteiger partial charge in [-0.15, -0.1) is 0 Å². The molecule has 0 aliphatic rings. The van der Waals surface area contributed by atoms with Gasteiger partial charge >= 0.3 is 0 Å². The van der Waals surface area contributed by atoms with Crippen LogP contribution in [-0.2, 0) is 11.8 Å². The summed E-state index contributed by atoms with van der Waals surface area (Å²) in [6.07, 6.45) is 0.572. The Labute approximate surface area is 131 Å². The molecule has 1 aromatic carbocycles. The summed E-state index contributed by atoms with van der Waals surface area (Å²) in [6.45, 7) is 6.10. The quantitative estimate of drug-likeness (QED) is 0.882. The SMILES string of the molecule is CC(C)(C)c1nc(Cc2ccc(Cl)cc2)[nH]c(=O)c1Br. The molecule has 3 nitrogen and oxygen atoms in total. The molecule has 0 saturated carbocycles. The van der Waals surface area contributed by atoms with Crippen LogP contribution in [0.25, 0.3) is 0 Å². The summed E-state index contributed by atoms with van der Waals surface area (Å²) in [5.74, 6) is 0.658. The van der Waals surface area contributed by atoms with Gasteiger partial charge < -0.3 is 4.98 Å². The Morgan fingerprint density at radius 1 is 1.25 bits per heavy atom. The Balaban J connectivity index is 2.41. The largest absolute Gasteiger partial charge is 0.309 e. The van der Waals surface area contributed by atoms with Crippen LogP contribution < -0.4 is 5.56 Å². The van der Waals surface area contributed by atoms with E-state index in [9.17, 15) is 4.79 Å². The zero-order valence-electron chi connectivity index (χ0n) is 11.6. The van der Waals surface area contributed by atoms with E-state index in [0.29, 0.717) is 21.7 Å². The number of aromatic nitrogens is 2. The molecule has 0 spiro atoms. The van der Waals surface area contributed by atoms with Crippen LogP contribution >= 0.6 is 27.5 Å². The molecule has 5 heteroatoms. The summed E-state index contributed by atoms with van der Waals surface area (Å²) < 4.78 is 0.504. The van der Waals surface area contributed by atoms with Crippen molar-refractivity contribution in [3.05, 3.63) is 61.2 Å². The highest BCUT2D eigenvalue weighted by atomic mass is 79.9. The summed E-state index contributed by atoms with van der Waals surface area (Å²) in [5.41, 5.74) is 1.49. The second-order valence-corrected chi connectivity index (χ2v) is 6.96. The van der Waals surface area contributed by atoms with Crippen LogP contribution in [-0.4, -0.2) is 9.97 Å². The van der Waals surface area contributed by atoms with Gasteiger partial charge in [0.05, 0.1) is 5.69 Å². The number of hydrogen-bond acceptors (Lipinski definition) is 2. The monoisotopic (exact) mass is 354 g/mol. The smallest absolute Gasteiger partial charge is 0.265 e. The number of aromatic amines is 1. The van der Waals surface area contributed by atoms with Crippen molar-refractivity contribution in [1.82, 2.24) is 9.97 Å². The van der Waals surface area contributed by atoms with Crippen LogP contribution in [0.3, 0.4) is 0 Å². The third-order valence-corrected chi connectivity index (χ3v) is 3.89. The van der Waals surface area contributed by atoms with Crippen LogP contribution in [0.2, 0.25) is 5.02 Å². The van der Waals surface area contributed by atoms with Gasteiger partial charge in [0.15, 0.2) is 0 Å². The highest BCUT2D eigenvalue weighted by Crippen LogP contribution is 2.25. The van der Waals surface area contributed by atoms with E-state index in [1.165, 1.54) is 0 Å². The summed E-state index contributed by atoms with van der Waals surface area (Å²) >= 11 is 9.19. The summed E-state index contributed by atoms with van der Waals surface area (Å²) in [5, 5.41) is 0.696. The van der Waals surface area contributed by atoms with Crippen molar-refractivity contribution >= 4 is 27.5 Å². The van der Waals surface area contributed by atoms with E-state index >= 15 is 0 Å². The molecule has 0 radical (unpaired) electrons. The zero-order valence-corrected chi connectivity index (χ0v) is 14.0. The average molecular weight is 356 g/mol. The van der Waals surface area contributed by atoms with Gasteiger partial charge in [0.1, 0.15) is 10.3 Å². The van der Waals surface area contributed by atoms with Crippen molar-refractivity contribution in [3.8, 4) is 0 Å². The van der Waals surface area contributed by atoms with Crippen molar-refractivity contribution in [2.45, 2.75) is 32.6 Å². The number of nitrogens with one attached hydrogen (secondary N) is 1. The van der Waals surface area contributed by atoms with Crippen molar-refractivity contribution in [3.63, 3.8) is 0 Å². The van der Waals surface area contributed by atoms with Crippen LogP contribution in [0.5, 0.6) is 0 Å². The molecule has 0 atom stereocenters. The number of rotatable bonds is 2. The molecule has 0 amide bonds. The Hall–Kier alpha value is -1.13. The minimum atomic E-state index is -0.193. The first-order valence-electron chi connectivity index (χ1n) is 6.31. The third-order valence-electron chi connectivity index (χ3n) is 2.91. The van der Waals surface area contributed by atoms with E-state index in [1.54, 1.807) is 0 Å². The van der Waals surface area contributed by atoms with Crippen LogP contribution in [0, 0.1) is 0 Å². The average Bonchev–Trinajstić information content (AvgIpc) is 2.35. The first kappa shape index (κ1) is 15.3. The molecule has 1 heterocycles. The standard InChI is InChI=1S/C15H16BrClN2O/c1-15(2,3)13-12(16)14(20)19-11(18-13)8-9-4-6-10(17)7-5-9/h4-7H,8H2,1-3H3,(H,18,19,20). The molecule has 0 aliphatic carbocycles. The third kappa shape index (κ3) is 3.49. The van der Waals surface area contributed by atoms with Crippen LogP contribution in [0.4, 0.5) is 0 Å². The minimum Gasteiger partial charge on any atom is -0.309 e. The number of benzene rings is 1. The predicted octanol–water partition coefficient (Wildman–Crippen LogP) is 4.07. The fourth-order valence-electron chi connectivity index (χ4n) is 1.88. The number of hydrogen-bond donors (Lipinski definition) is 1. The Bertz CT molecular complexity index is 672. The summed E-state index contributed by atoms with van der Waals surface area (Å²) in [7, 11) is 0. The Morgan fingerprint density at radius 2 is 1.85 bits per heavy atom. The lowest BCUT2D eigenvalue weighted by molar-refractivity contribution is 0.557. The fraction of sp³-hybridized carbons (Fsp3) is 0.333. The van der Waals surface area contributed by atoms with Crippen molar-refractivity contribution in [2.75, 3.05) is 0 Å². The molecule has 1 aromatic heterocycles. The van der Waals surface area contributed by atoms with E-state index in [-0.39, 0.29) is 11.0 Å². The molecule has 0 unspecified atom stereocenters. The molecule has 2 rings (SSSR count). The number of halogens is 2. The van der Waals surface area contributed by atoms with Crippen molar-refractivity contribution in [1.29, 1.82) is 0 Å². The zero-order chi connectivity index (χ0) is 14.9. The van der Waals surface area contributed by atoms with Gasteiger partial charge in [0.2, 0.25) is 0 Å². The number of H-pyrrole nitrogens is 1. The maximum atomic E-state index is 12.0. The number of nitrogens with zero attached hydrogens (tertiary/aromatic N) is 1. The molecule has 0 saturated heterocycles. The van der Waals surface area contributed by atoms with Crippen molar-refractivity contribution in [2.24, 2.45) is 0 Å². The van der Waals surface area contributed by atoms with E-state index in [2.05, 4.69) is 25.9 Å². The first-order valence-corrected chi connectivity index (χ1v) is 7.48. The van der Waals surface area contributed by atoms with Gasteiger partial charge in [-0.3, -0.25) is 4.79 Å². The van der Waals surface area contributed by atoms with Gasteiger partial charge in [-0.2, -0.15) is 0 Å². The van der Waals surface area contributed by atoms with E-state index in [0.717, 1.165) is 11.3 Å². The molecule has 106 valence electrons. The van der Waals surface area contributed by atoms with E-state index in [4.69, 9.17) is 11.6 Å². The minimum absolute atomic E-state index is 0.145. The highest BCUT2D eigenvalue weighted by Gasteiger charge is 2.21. The molecule has 0 fully saturated rings. The summed E-state index contributed by atoms with van der Waals surface area (Å²) in [6, 6.07) is 7.53. The second kappa shape index (κ2) is 5.70. The lowest BCUT2D eigenvalue weighted by atomic mass is 9.92. The molecular formula is C15H16BrClN2O. The molecule has 1 N–H and O–H groups in total. The first-order chi connectivity index (χ1) is 9.27. The Kier molecular flexibility index (Phi) is 4.35. The van der Waals surface area contributed by atoms with Crippen molar-refractivity contribution < 1.29 is 0 Å². The molecule has 2 aromatic rings. The molecule has 0 aliphatic heterocycles. The Morgan fingerprint density at radius 3 is 2.40 bits per heavy atom. The topological polar surface area (TPSA) is 45.8 Å². The van der Waals surface area contributed by atoms with Gasteiger partial charge in [0, 0.05) is 16.9 Å². The molecule has 20 heavy (non-hydrogen) atoms. The fourth-order valence-corrected chi connectivity index (χ4v) is 2.79.